The van der Waals surface area contributed by atoms with Gasteiger partial charge in [0.2, 0.25) is 0 Å². The maximum Gasteiger partial charge on any atom is 0.263 e. The summed E-state index contributed by atoms with van der Waals surface area (Å²) in [5, 5.41) is 8.44. The standard InChI is InChI=1S/C6H5F3O/c7-4-1-2-6(9,10)5(8)3-4/h1,3,10H,2H2. The van der Waals surface area contributed by atoms with E-state index in [0.717, 1.165) is 6.08 Å². The number of rotatable bonds is 0. The van der Waals surface area contributed by atoms with Crippen LogP contribution in [0.25, 0.3) is 0 Å². The van der Waals surface area contributed by atoms with Crippen molar-refractivity contribution in [3.63, 3.8) is 0 Å². The number of halogens is 3. The third kappa shape index (κ3) is 1.21. The lowest BCUT2D eigenvalue weighted by Crippen LogP contribution is -2.23. The quantitative estimate of drug-likeness (QED) is 0.557. The molecule has 0 aliphatic heterocycles. The molecule has 4 heteroatoms. The van der Waals surface area contributed by atoms with Crippen molar-refractivity contribution in [2.24, 2.45) is 0 Å². The molecule has 0 aromatic rings. The summed E-state index contributed by atoms with van der Waals surface area (Å²) in [6.45, 7) is 0. The zero-order valence-corrected chi connectivity index (χ0v) is 4.94. The molecule has 0 amide bonds. The molecule has 1 aliphatic rings. The van der Waals surface area contributed by atoms with Crippen LogP contribution in [0.3, 0.4) is 0 Å². The molecule has 0 fully saturated rings. The molecule has 0 saturated carbocycles. The minimum Gasteiger partial charge on any atom is -0.356 e. The van der Waals surface area contributed by atoms with Crippen LogP contribution < -0.4 is 0 Å². The summed E-state index contributed by atoms with van der Waals surface area (Å²) >= 11 is 0. The van der Waals surface area contributed by atoms with E-state index in [0.29, 0.717) is 6.08 Å². The molecule has 1 nitrogen and oxygen atoms in total. The maximum atomic E-state index is 12.3. The predicted molar refractivity (Wildman–Crippen MR) is 29.1 cm³/mol. The molecule has 0 heterocycles. The Morgan fingerprint density at radius 3 is 2.50 bits per heavy atom. The Balaban J connectivity index is 2.88. The van der Waals surface area contributed by atoms with Gasteiger partial charge in [0.05, 0.1) is 0 Å². The molecule has 56 valence electrons. The molecule has 10 heavy (non-hydrogen) atoms. The van der Waals surface area contributed by atoms with Crippen molar-refractivity contribution in [3.05, 3.63) is 23.8 Å². The van der Waals surface area contributed by atoms with E-state index in [9.17, 15) is 13.2 Å². The zero-order chi connectivity index (χ0) is 7.78. The minimum atomic E-state index is -3.00. The zero-order valence-electron chi connectivity index (χ0n) is 4.94. The summed E-state index contributed by atoms with van der Waals surface area (Å²) in [6.07, 6.45) is 0.438. The fraction of sp³-hybridized carbons (Fsp3) is 0.333. The molecule has 0 saturated heterocycles. The summed E-state index contributed by atoms with van der Waals surface area (Å²) in [6, 6.07) is 0. The normalized spacial score (nSPS) is 33.2. The Morgan fingerprint density at radius 1 is 1.50 bits per heavy atom. The Hall–Kier alpha value is -0.770. The lowest BCUT2D eigenvalue weighted by Gasteiger charge is -2.17. The third-order valence-corrected chi connectivity index (χ3v) is 1.20. The van der Waals surface area contributed by atoms with Crippen LogP contribution in [0.1, 0.15) is 6.42 Å². The van der Waals surface area contributed by atoms with Gasteiger partial charge in [-0.3, -0.25) is 0 Å². The fourth-order valence-corrected chi connectivity index (χ4v) is 0.621. The summed E-state index contributed by atoms with van der Waals surface area (Å²) in [5.41, 5.74) is 0. The first-order valence-corrected chi connectivity index (χ1v) is 2.67. The van der Waals surface area contributed by atoms with Gasteiger partial charge in [0, 0.05) is 12.5 Å². The van der Waals surface area contributed by atoms with Gasteiger partial charge >= 0.3 is 0 Å². The largest absolute Gasteiger partial charge is 0.356 e. The average molecular weight is 150 g/mol. The Bertz CT molecular complexity index is 205. The van der Waals surface area contributed by atoms with E-state index < -0.39 is 23.9 Å². The van der Waals surface area contributed by atoms with Gasteiger partial charge in [0.1, 0.15) is 5.83 Å². The molecule has 1 rings (SSSR count). The Labute approximate surface area is 55.5 Å². The van der Waals surface area contributed by atoms with Crippen molar-refractivity contribution < 1.29 is 18.3 Å². The van der Waals surface area contributed by atoms with Crippen molar-refractivity contribution >= 4 is 0 Å². The number of allylic oxidation sites excluding steroid dienone is 2. The van der Waals surface area contributed by atoms with Gasteiger partial charge in [-0.25, -0.2) is 13.2 Å². The van der Waals surface area contributed by atoms with Gasteiger partial charge < -0.3 is 5.11 Å². The van der Waals surface area contributed by atoms with Crippen molar-refractivity contribution in [2.75, 3.05) is 0 Å². The second kappa shape index (κ2) is 2.12. The summed E-state index contributed by atoms with van der Waals surface area (Å²) in [5.74, 6) is -5.34. The van der Waals surface area contributed by atoms with Gasteiger partial charge in [-0.05, 0) is 6.08 Å². The first-order chi connectivity index (χ1) is 4.52. The van der Waals surface area contributed by atoms with Gasteiger partial charge in [-0.15, -0.1) is 0 Å². The van der Waals surface area contributed by atoms with Crippen LogP contribution in [-0.2, 0) is 0 Å². The number of hydrogen-bond donors (Lipinski definition) is 1. The van der Waals surface area contributed by atoms with Crippen LogP contribution in [-0.4, -0.2) is 11.0 Å². The number of aliphatic hydroxyl groups is 1. The molecule has 1 N–H and O–H groups in total. The Morgan fingerprint density at radius 2 is 2.10 bits per heavy atom. The molecule has 1 aliphatic carbocycles. The van der Waals surface area contributed by atoms with Gasteiger partial charge in [-0.1, -0.05) is 0 Å². The molecule has 1 unspecified atom stereocenters. The summed E-state index contributed by atoms with van der Waals surface area (Å²) < 4.78 is 36.6. The molecule has 0 spiro atoms. The number of alkyl halides is 1. The lowest BCUT2D eigenvalue weighted by atomic mass is 10.1. The van der Waals surface area contributed by atoms with Gasteiger partial charge in [0.15, 0.2) is 5.83 Å². The highest BCUT2D eigenvalue weighted by atomic mass is 19.2. The number of hydrogen-bond acceptors (Lipinski definition) is 1. The second-order valence-electron chi connectivity index (χ2n) is 2.04. The van der Waals surface area contributed by atoms with E-state index in [1.807, 2.05) is 0 Å². The van der Waals surface area contributed by atoms with Crippen LogP contribution in [0.4, 0.5) is 13.2 Å². The fourth-order valence-electron chi connectivity index (χ4n) is 0.621. The van der Waals surface area contributed by atoms with E-state index in [1.54, 1.807) is 0 Å². The molecule has 0 aromatic carbocycles. The van der Waals surface area contributed by atoms with Gasteiger partial charge in [-0.2, -0.15) is 0 Å². The predicted octanol–water partition coefficient (Wildman–Crippen LogP) is 1.75. The highest BCUT2D eigenvalue weighted by Gasteiger charge is 2.33. The van der Waals surface area contributed by atoms with E-state index in [-0.39, 0.29) is 0 Å². The van der Waals surface area contributed by atoms with Crippen molar-refractivity contribution in [3.8, 4) is 0 Å². The lowest BCUT2D eigenvalue weighted by molar-refractivity contribution is -0.0687. The van der Waals surface area contributed by atoms with Crippen LogP contribution >= 0.6 is 0 Å². The highest BCUT2D eigenvalue weighted by molar-refractivity contribution is 5.24. The average Bonchev–Trinajstić information content (AvgIpc) is 1.81. The smallest absolute Gasteiger partial charge is 0.263 e. The first-order valence-electron chi connectivity index (χ1n) is 2.67. The van der Waals surface area contributed by atoms with Crippen LogP contribution in [0.15, 0.2) is 23.8 Å². The monoisotopic (exact) mass is 150 g/mol. The van der Waals surface area contributed by atoms with Crippen LogP contribution in [0.5, 0.6) is 0 Å². The highest BCUT2D eigenvalue weighted by Crippen LogP contribution is 2.30. The van der Waals surface area contributed by atoms with Gasteiger partial charge in [0.25, 0.3) is 5.85 Å². The molecule has 0 radical (unpaired) electrons. The minimum absolute atomic E-state index is 0.323. The summed E-state index contributed by atoms with van der Waals surface area (Å²) in [7, 11) is 0. The van der Waals surface area contributed by atoms with Crippen molar-refractivity contribution in [2.45, 2.75) is 12.3 Å². The second-order valence-corrected chi connectivity index (χ2v) is 2.04. The van der Waals surface area contributed by atoms with Crippen molar-refractivity contribution in [1.29, 1.82) is 0 Å². The summed E-state index contributed by atoms with van der Waals surface area (Å²) in [4.78, 5) is 0. The van der Waals surface area contributed by atoms with E-state index in [4.69, 9.17) is 5.11 Å². The van der Waals surface area contributed by atoms with E-state index >= 15 is 0 Å². The molecule has 1 atom stereocenters. The molecule has 0 aromatic heterocycles. The third-order valence-electron chi connectivity index (χ3n) is 1.20. The van der Waals surface area contributed by atoms with E-state index in [2.05, 4.69) is 0 Å². The first kappa shape index (κ1) is 7.34. The van der Waals surface area contributed by atoms with E-state index in [1.165, 1.54) is 0 Å². The SMILES string of the molecule is OC1(F)CC=C(F)C=C1F. The maximum absolute atomic E-state index is 12.3. The Kier molecular flexibility index (Phi) is 1.56. The molecular formula is C6H5F3O. The topological polar surface area (TPSA) is 20.2 Å². The van der Waals surface area contributed by atoms with Crippen molar-refractivity contribution in [1.82, 2.24) is 0 Å². The van der Waals surface area contributed by atoms with Crippen LogP contribution in [0, 0.1) is 0 Å². The van der Waals surface area contributed by atoms with Crippen LogP contribution in [0.2, 0.25) is 0 Å². The molecule has 0 bridgehead atoms. The molecular weight excluding hydrogens is 145 g/mol.